The van der Waals surface area contributed by atoms with Gasteiger partial charge in [0.1, 0.15) is 30.7 Å². The van der Waals surface area contributed by atoms with E-state index < -0.39 is 40.1 Å². The van der Waals surface area contributed by atoms with Crippen molar-refractivity contribution < 1.29 is 32.6 Å². The minimum absolute atomic E-state index is 0.0920. The van der Waals surface area contributed by atoms with Gasteiger partial charge in [0.15, 0.2) is 11.2 Å². The van der Waals surface area contributed by atoms with Crippen LogP contribution in [-0.4, -0.2) is 58.7 Å². The maximum absolute atomic E-state index is 14.1. The number of fused-ring (bicyclic) bond motifs is 1. The number of amides is 2. The fraction of sp³-hybridized carbons (Fsp3) is 0.262. The van der Waals surface area contributed by atoms with Crippen molar-refractivity contribution in [3.63, 3.8) is 0 Å². The van der Waals surface area contributed by atoms with Crippen LogP contribution in [0.3, 0.4) is 0 Å². The molecule has 1 unspecified atom stereocenters. The largest absolute Gasteiger partial charge is 0.582 e. The van der Waals surface area contributed by atoms with E-state index in [1.54, 1.807) is 35.8 Å². The van der Waals surface area contributed by atoms with Crippen LogP contribution in [0.2, 0.25) is 5.04 Å². The summed E-state index contributed by atoms with van der Waals surface area (Å²) in [6.45, 7) is 8.37. The van der Waals surface area contributed by atoms with Crippen LogP contribution in [0.15, 0.2) is 128 Å². The van der Waals surface area contributed by atoms with Crippen molar-refractivity contribution in [2.24, 2.45) is 0 Å². The van der Waals surface area contributed by atoms with Crippen LogP contribution in [0.5, 0.6) is 5.88 Å². The number of hydrogen-bond donors (Lipinski definition) is 2. The van der Waals surface area contributed by atoms with Crippen LogP contribution in [0.25, 0.3) is 11.2 Å². The molecule has 1 saturated heterocycles. The first kappa shape index (κ1) is 40.9. The number of nitrogens with one attached hydrogen (secondary N) is 1. The van der Waals surface area contributed by atoms with Crippen molar-refractivity contribution in [3.05, 3.63) is 128 Å². The predicted molar refractivity (Wildman–Crippen MR) is 229 cm³/mol. The quantitative estimate of drug-likeness (QED) is 0.0661. The van der Waals surface area contributed by atoms with Gasteiger partial charge >= 0.3 is 13.3 Å². The van der Waals surface area contributed by atoms with Gasteiger partial charge in [0.05, 0.1) is 24.3 Å². The Bertz CT molecular complexity index is 2290. The average Bonchev–Trinajstić information content (AvgIpc) is 3.83. The minimum Gasteiger partial charge on any atom is -0.405 e. The number of carbonyl (C=O) groups excluding carboxylic acids is 2. The highest BCUT2D eigenvalue weighted by atomic mass is 32.7. The molecule has 1 aliphatic heterocycles. The SMILES string of the molecule is CCC(=O)Nc1nc(OC(=O)N(c2ccccc2)c2ccccc2)c2ncn([C@H]3C[C@H](O[P+](=O)S)[C@@H](CO[Si](c4ccccc4)(c4ccccc4)C(C)(C)C)O3)c2n1. The van der Waals surface area contributed by atoms with E-state index in [9.17, 15) is 14.2 Å². The van der Waals surface area contributed by atoms with E-state index >= 15 is 0 Å². The molecule has 58 heavy (non-hydrogen) atoms. The molecule has 1 aliphatic rings. The van der Waals surface area contributed by atoms with Crippen molar-refractivity contribution in [1.29, 1.82) is 0 Å². The molecule has 1 fully saturated rings. The summed E-state index contributed by atoms with van der Waals surface area (Å²) in [5, 5.41) is 4.58. The number of thiol groups is 1. The molecule has 0 spiro atoms. The molecular formula is C42H44N6O7PSSi+. The standard InChI is InChI=1S/C42H43N6O7PSSi/c1-5-35(49)44-40-45-38-37(39(46-40)54-41(50)48(29-18-10-6-11-19-29)30-20-12-7-13-21-30)43-28-47(38)36-26-33(55-56(51)57)34(53-36)27-52-58(42(2,3)4,31-22-14-8-15-23-31)32-24-16-9-17-25-32/h6-25,28,33-34,36H,5,26-27H2,1-4H3,(H-,44,45,46,49,51,57)/p+1/t33-,34+,36+/m0/s1. The molecule has 4 atom stereocenters. The Balaban J connectivity index is 1.24. The van der Waals surface area contributed by atoms with E-state index in [0.717, 1.165) is 10.4 Å². The van der Waals surface area contributed by atoms with Gasteiger partial charge in [0.25, 0.3) is 14.2 Å². The third kappa shape index (κ3) is 8.60. The van der Waals surface area contributed by atoms with Crippen LogP contribution >= 0.6 is 19.5 Å². The number of para-hydroxylation sites is 2. The van der Waals surface area contributed by atoms with Gasteiger partial charge in [-0.1, -0.05) is 125 Å². The third-order valence-electron chi connectivity index (χ3n) is 9.95. The smallest absolute Gasteiger partial charge is 0.405 e. The molecule has 0 aliphatic carbocycles. The molecular weight excluding hydrogens is 792 g/mol. The number of hydrogen-bond acceptors (Lipinski definition) is 10. The van der Waals surface area contributed by atoms with E-state index in [2.05, 4.69) is 77.6 Å². The van der Waals surface area contributed by atoms with Gasteiger partial charge in [0.2, 0.25) is 11.9 Å². The Morgan fingerprint density at radius 1 is 0.897 bits per heavy atom. The number of imidazole rings is 1. The van der Waals surface area contributed by atoms with Crippen LogP contribution in [-0.2, 0) is 23.0 Å². The van der Waals surface area contributed by atoms with Gasteiger partial charge in [0, 0.05) is 12.8 Å². The van der Waals surface area contributed by atoms with Crippen molar-refractivity contribution in [2.45, 2.75) is 64.0 Å². The number of anilines is 3. The lowest BCUT2D eigenvalue weighted by Crippen LogP contribution is -2.67. The normalized spacial score (nSPS) is 17.2. The van der Waals surface area contributed by atoms with Crippen LogP contribution in [0, 0.1) is 0 Å². The molecule has 0 radical (unpaired) electrons. The number of aromatic nitrogens is 4. The number of ether oxygens (including phenoxy) is 2. The summed E-state index contributed by atoms with van der Waals surface area (Å²) in [6.07, 6.45) is -0.988. The number of nitrogens with zero attached hydrogens (tertiary/aromatic N) is 5. The zero-order valence-corrected chi connectivity index (χ0v) is 35.3. The average molecular weight is 836 g/mol. The summed E-state index contributed by atoms with van der Waals surface area (Å²) in [6, 6.07) is 38.6. The van der Waals surface area contributed by atoms with Gasteiger partial charge in [-0.25, -0.2) is 14.7 Å². The van der Waals surface area contributed by atoms with Crippen LogP contribution in [0.4, 0.5) is 22.1 Å². The van der Waals surface area contributed by atoms with Crippen LogP contribution in [0.1, 0.15) is 46.8 Å². The maximum atomic E-state index is 14.1. The third-order valence-corrected chi connectivity index (χ3v) is 15.7. The topological polar surface area (TPSA) is 147 Å². The molecule has 0 saturated carbocycles. The predicted octanol–water partition coefficient (Wildman–Crippen LogP) is 8.35. The van der Waals surface area contributed by atoms with Crippen molar-refractivity contribution in [1.82, 2.24) is 19.5 Å². The van der Waals surface area contributed by atoms with E-state index in [0.29, 0.717) is 11.4 Å². The minimum atomic E-state index is -2.99. The van der Waals surface area contributed by atoms with E-state index in [-0.39, 0.29) is 53.4 Å². The Labute approximate surface area is 343 Å². The summed E-state index contributed by atoms with van der Waals surface area (Å²) in [5.41, 5.74) is 1.50. The monoisotopic (exact) mass is 835 g/mol. The second kappa shape index (κ2) is 17.7. The summed E-state index contributed by atoms with van der Waals surface area (Å²) in [4.78, 5) is 41.7. The van der Waals surface area contributed by atoms with Gasteiger partial charge in [-0.2, -0.15) is 9.97 Å². The number of benzene rings is 4. The Hall–Kier alpha value is -5.28. The van der Waals surface area contributed by atoms with Crippen molar-refractivity contribution >= 4 is 78.7 Å². The lowest BCUT2D eigenvalue weighted by Gasteiger charge is -2.43. The van der Waals surface area contributed by atoms with Crippen LogP contribution < -0.4 is 25.3 Å². The molecule has 6 aromatic rings. The molecule has 7 rings (SSSR count). The first-order valence-corrected chi connectivity index (χ1v) is 23.1. The molecule has 2 amide bonds. The van der Waals surface area contributed by atoms with E-state index in [1.165, 1.54) is 11.2 Å². The maximum Gasteiger partial charge on any atom is 0.582 e. The number of rotatable bonds is 13. The van der Waals surface area contributed by atoms with Crippen molar-refractivity contribution in [3.8, 4) is 5.88 Å². The number of carbonyl (C=O) groups is 2. The summed E-state index contributed by atoms with van der Waals surface area (Å²) < 4.78 is 39.9. The van der Waals surface area contributed by atoms with Crippen molar-refractivity contribution in [2.75, 3.05) is 16.8 Å². The molecule has 0 bridgehead atoms. The van der Waals surface area contributed by atoms with Gasteiger partial charge in [-0.3, -0.25) is 14.7 Å². The van der Waals surface area contributed by atoms with E-state index in [1.807, 2.05) is 72.8 Å². The Kier molecular flexibility index (Phi) is 12.5. The molecule has 3 heterocycles. The molecule has 1 N–H and O–H groups in total. The Morgan fingerprint density at radius 2 is 1.45 bits per heavy atom. The molecule has 298 valence electrons. The summed E-state index contributed by atoms with van der Waals surface area (Å²) in [7, 11) is -5.30. The Morgan fingerprint density at radius 3 is 1.97 bits per heavy atom. The molecule has 13 nitrogen and oxygen atoms in total. The highest BCUT2D eigenvalue weighted by Crippen LogP contribution is 2.42. The zero-order chi connectivity index (χ0) is 40.9. The second-order valence-corrected chi connectivity index (χ2v) is 20.6. The molecule has 4 aromatic carbocycles. The first-order chi connectivity index (χ1) is 28.0. The van der Waals surface area contributed by atoms with Gasteiger partial charge in [-0.05, 0) is 44.2 Å². The first-order valence-electron chi connectivity index (χ1n) is 18.9. The highest BCUT2D eigenvalue weighted by Gasteiger charge is 2.52. The lowest BCUT2D eigenvalue weighted by atomic mass is 10.2. The molecule has 16 heteroatoms. The fourth-order valence-electron chi connectivity index (χ4n) is 7.30. The second-order valence-electron chi connectivity index (χ2n) is 14.7. The summed E-state index contributed by atoms with van der Waals surface area (Å²) >= 11 is 4.10. The molecule has 2 aromatic heterocycles. The highest BCUT2D eigenvalue weighted by molar-refractivity contribution is 8.39. The van der Waals surface area contributed by atoms with Gasteiger partial charge in [-0.15, -0.1) is 4.52 Å². The fourth-order valence-corrected chi connectivity index (χ4v) is 12.7. The zero-order valence-electron chi connectivity index (χ0n) is 32.5. The lowest BCUT2D eigenvalue weighted by molar-refractivity contribution is -0.115. The van der Waals surface area contributed by atoms with E-state index in [4.69, 9.17) is 18.4 Å². The summed E-state index contributed by atoms with van der Waals surface area (Å²) in [5.74, 6) is -0.611. The van der Waals surface area contributed by atoms with Gasteiger partial charge < -0.3 is 13.9 Å².